The number of carbonyl (C=O) groups is 1. The average molecular weight is 331 g/mol. The number of aromatic nitrogens is 1. The summed E-state index contributed by atoms with van der Waals surface area (Å²) in [4.78, 5) is 17.6. The third-order valence-electron chi connectivity index (χ3n) is 3.99. The van der Waals surface area contributed by atoms with E-state index in [4.69, 9.17) is 0 Å². The van der Waals surface area contributed by atoms with Crippen molar-refractivity contribution in [1.82, 2.24) is 15.2 Å². The van der Waals surface area contributed by atoms with Gasteiger partial charge < -0.3 is 15.3 Å². The SMILES string of the molecule is O=C(NCCc1ccccn1)N1CCC(C(O)C(F)(F)F)CC1. The summed E-state index contributed by atoms with van der Waals surface area (Å²) >= 11 is 0. The lowest BCUT2D eigenvalue weighted by molar-refractivity contribution is -0.222. The monoisotopic (exact) mass is 331 g/mol. The average Bonchev–Trinajstić information content (AvgIpc) is 2.54. The van der Waals surface area contributed by atoms with Crippen molar-refractivity contribution in [2.24, 2.45) is 5.92 Å². The smallest absolute Gasteiger partial charge is 0.383 e. The molecular weight excluding hydrogens is 311 g/mol. The number of urea groups is 1. The van der Waals surface area contributed by atoms with Crippen molar-refractivity contribution in [3.63, 3.8) is 0 Å². The van der Waals surface area contributed by atoms with Crippen LogP contribution in [-0.2, 0) is 6.42 Å². The molecule has 128 valence electrons. The molecule has 2 heterocycles. The fourth-order valence-corrected chi connectivity index (χ4v) is 2.64. The molecule has 0 radical (unpaired) electrons. The van der Waals surface area contributed by atoms with Gasteiger partial charge in [-0.3, -0.25) is 4.98 Å². The summed E-state index contributed by atoms with van der Waals surface area (Å²) < 4.78 is 37.4. The molecule has 8 heteroatoms. The lowest BCUT2D eigenvalue weighted by Gasteiger charge is -2.34. The van der Waals surface area contributed by atoms with E-state index in [2.05, 4.69) is 10.3 Å². The summed E-state index contributed by atoms with van der Waals surface area (Å²) in [6, 6.07) is 5.24. The van der Waals surface area contributed by atoms with Gasteiger partial charge in [0.1, 0.15) is 0 Å². The van der Waals surface area contributed by atoms with Crippen LogP contribution in [0.2, 0.25) is 0 Å². The van der Waals surface area contributed by atoms with Crippen LogP contribution in [0, 0.1) is 5.92 Å². The van der Waals surface area contributed by atoms with Crippen LogP contribution in [0.3, 0.4) is 0 Å². The molecule has 23 heavy (non-hydrogen) atoms. The summed E-state index contributed by atoms with van der Waals surface area (Å²) in [6.45, 7) is 0.849. The number of amides is 2. The van der Waals surface area contributed by atoms with E-state index >= 15 is 0 Å². The normalized spacial score (nSPS) is 17.8. The number of rotatable bonds is 4. The lowest BCUT2D eigenvalue weighted by atomic mass is 9.91. The zero-order valence-corrected chi connectivity index (χ0v) is 12.6. The molecule has 2 rings (SSSR count). The first-order valence-corrected chi connectivity index (χ1v) is 7.55. The predicted molar refractivity (Wildman–Crippen MR) is 77.7 cm³/mol. The molecule has 1 fully saturated rings. The van der Waals surface area contributed by atoms with Crippen molar-refractivity contribution in [2.75, 3.05) is 19.6 Å². The largest absolute Gasteiger partial charge is 0.414 e. The number of hydrogen-bond acceptors (Lipinski definition) is 3. The number of carbonyl (C=O) groups excluding carboxylic acids is 1. The van der Waals surface area contributed by atoms with Crippen molar-refractivity contribution in [2.45, 2.75) is 31.5 Å². The molecule has 0 bridgehead atoms. The van der Waals surface area contributed by atoms with Crippen LogP contribution in [0.4, 0.5) is 18.0 Å². The van der Waals surface area contributed by atoms with E-state index in [1.165, 1.54) is 4.90 Å². The second kappa shape index (κ2) is 7.63. The van der Waals surface area contributed by atoms with Gasteiger partial charge in [0, 0.05) is 37.9 Å². The topological polar surface area (TPSA) is 65.5 Å². The maximum absolute atomic E-state index is 12.5. The van der Waals surface area contributed by atoms with Crippen molar-refractivity contribution in [1.29, 1.82) is 0 Å². The minimum atomic E-state index is -4.60. The zero-order chi connectivity index (χ0) is 16.9. The number of piperidine rings is 1. The van der Waals surface area contributed by atoms with Crippen LogP contribution >= 0.6 is 0 Å². The van der Waals surface area contributed by atoms with Crippen LogP contribution in [0.25, 0.3) is 0 Å². The molecule has 0 saturated carbocycles. The Morgan fingerprint density at radius 2 is 2.09 bits per heavy atom. The molecule has 2 amide bonds. The number of likely N-dealkylation sites (tertiary alicyclic amines) is 1. The molecule has 1 unspecified atom stereocenters. The maximum atomic E-state index is 12.5. The predicted octanol–water partition coefficient (Wildman–Crippen LogP) is 1.97. The Morgan fingerprint density at radius 1 is 1.39 bits per heavy atom. The Hall–Kier alpha value is -1.83. The van der Waals surface area contributed by atoms with Crippen molar-refractivity contribution < 1.29 is 23.1 Å². The van der Waals surface area contributed by atoms with Gasteiger partial charge in [-0.15, -0.1) is 0 Å². The molecule has 1 aromatic heterocycles. The van der Waals surface area contributed by atoms with Crippen LogP contribution in [0.15, 0.2) is 24.4 Å². The van der Waals surface area contributed by atoms with E-state index in [-0.39, 0.29) is 32.0 Å². The summed E-state index contributed by atoms with van der Waals surface area (Å²) in [5, 5.41) is 12.0. The Morgan fingerprint density at radius 3 is 2.65 bits per heavy atom. The summed E-state index contributed by atoms with van der Waals surface area (Å²) in [6.07, 6.45) is -4.35. The third-order valence-corrected chi connectivity index (χ3v) is 3.99. The van der Waals surface area contributed by atoms with Crippen molar-refractivity contribution >= 4 is 6.03 Å². The van der Waals surface area contributed by atoms with E-state index in [1.54, 1.807) is 6.20 Å². The fraction of sp³-hybridized carbons (Fsp3) is 0.600. The molecular formula is C15H20F3N3O2. The molecule has 1 saturated heterocycles. The summed E-state index contributed by atoms with van der Waals surface area (Å²) in [5.74, 6) is -0.840. The Bertz CT molecular complexity index is 502. The van der Waals surface area contributed by atoms with Gasteiger partial charge in [-0.1, -0.05) is 6.07 Å². The van der Waals surface area contributed by atoms with E-state index in [0.717, 1.165) is 5.69 Å². The number of aliphatic hydroxyl groups excluding tert-OH is 1. The van der Waals surface area contributed by atoms with Gasteiger partial charge in [0.25, 0.3) is 0 Å². The summed E-state index contributed by atoms with van der Waals surface area (Å²) in [5.41, 5.74) is 0.861. The second-order valence-corrected chi connectivity index (χ2v) is 5.61. The number of hydrogen-bond donors (Lipinski definition) is 2. The van der Waals surface area contributed by atoms with E-state index in [9.17, 15) is 23.1 Å². The lowest BCUT2D eigenvalue weighted by Crippen LogP contribution is -2.48. The van der Waals surface area contributed by atoms with Gasteiger partial charge in [-0.05, 0) is 30.9 Å². The number of halogens is 3. The van der Waals surface area contributed by atoms with E-state index in [1.807, 2.05) is 18.2 Å². The highest BCUT2D eigenvalue weighted by atomic mass is 19.4. The molecule has 2 N–H and O–H groups in total. The fourth-order valence-electron chi connectivity index (χ4n) is 2.64. The standard InChI is InChI=1S/C15H20F3N3O2/c16-15(17,18)13(22)11-5-9-21(10-6-11)14(23)20-8-4-12-3-1-2-7-19-12/h1-3,7,11,13,22H,4-6,8-10H2,(H,20,23). The number of aliphatic hydroxyl groups is 1. The van der Waals surface area contributed by atoms with Gasteiger partial charge in [-0.25, -0.2) is 4.79 Å². The molecule has 5 nitrogen and oxygen atoms in total. The Kier molecular flexibility index (Phi) is 5.81. The molecule has 0 spiro atoms. The zero-order valence-electron chi connectivity index (χ0n) is 12.6. The van der Waals surface area contributed by atoms with Crippen molar-refractivity contribution in [3.8, 4) is 0 Å². The number of alkyl halides is 3. The minimum absolute atomic E-state index is 0.147. The van der Waals surface area contributed by atoms with Gasteiger partial charge in [0.2, 0.25) is 0 Å². The highest BCUT2D eigenvalue weighted by molar-refractivity contribution is 5.74. The first kappa shape index (κ1) is 17.5. The molecule has 1 aliphatic heterocycles. The van der Waals surface area contributed by atoms with Gasteiger partial charge in [0.15, 0.2) is 6.10 Å². The number of pyridine rings is 1. The van der Waals surface area contributed by atoms with Crippen LogP contribution < -0.4 is 5.32 Å². The molecule has 1 aromatic rings. The van der Waals surface area contributed by atoms with Crippen molar-refractivity contribution in [3.05, 3.63) is 30.1 Å². The Labute approximate surface area is 132 Å². The Balaban J connectivity index is 1.71. The first-order chi connectivity index (χ1) is 10.9. The minimum Gasteiger partial charge on any atom is -0.383 e. The van der Waals surface area contributed by atoms with E-state index in [0.29, 0.717) is 13.0 Å². The van der Waals surface area contributed by atoms with Gasteiger partial charge in [-0.2, -0.15) is 13.2 Å². The molecule has 0 aliphatic carbocycles. The van der Waals surface area contributed by atoms with Crippen LogP contribution in [0.1, 0.15) is 18.5 Å². The first-order valence-electron chi connectivity index (χ1n) is 7.55. The molecule has 0 aromatic carbocycles. The third kappa shape index (κ3) is 5.09. The van der Waals surface area contributed by atoms with Gasteiger partial charge >= 0.3 is 12.2 Å². The molecule has 1 aliphatic rings. The van der Waals surface area contributed by atoms with Crippen LogP contribution in [0.5, 0.6) is 0 Å². The summed E-state index contributed by atoms with van der Waals surface area (Å²) in [7, 11) is 0. The van der Waals surface area contributed by atoms with E-state index < -0.39 is 18.2 Å². The highest BCUT2D eigenvalue weighted by Gasteiger charge is 2.44. The number of nitrogens with one attached hydrogen (secondary N) is 1. The number of nitrogens with zero attached hydrogens (tertiary/aromatic N) is 2. The van der Waals surface area contributed by atoms with Gasteiger partial charge in [0.05, 0.1) is 0 Å². The maximum Gasteiger partial charge on any atom is 0.414 e. The highest BCUT2D eigenvalue weighted by Crippen LogP contribution is 2.31. The quantitative estimate of drug-likeness (QED) is 0.886. The molecule has 1 atom stereocenters. The second-order valence-electron chi connectivity index (χ2n) is 5.61. The van der Waals surface area contributed by atoms with Crippen LogP contribution in [-0.4, -0.2) is 52.9 Å².